The SMILES string of the molecule is O=[SH](=O)Nc1cc[c]cc1. The van der Waals surface area contributed by atoms with Crippen LogP contribution in [0.15, 0.2) is 24.3 Å². The van der Waals surface area contributed by atoms with Crippen LogP contribution in [0.1, 0.15) is 0 Å². The molecule has 0 unspecified atom stereocenters. The van der Waals surface area contributed by atoms with Crippen molar-refractivity contribution in [3.8, 4) is 0 Å². The second-order valence-corrected chi connectivity index (χ2v) is 2.40. The van der Waals surface area contributed by atoms with Gasteiger partial charge in [-0.3, -0.25) is 4.72 Å². The van der Waals surface area contributed by atoms with Crippen molar-refractivity contribution in [2.45, 2.75) is 0 Å². The van der Waals surface area contributed by atoms with E-state index in [1.807, 2.05) is 0 Å². The highest BCUT2D eigenvalue weighted by Gasteiger charge is 1.85. The molecule has 1 radical (unpaired) electrons. The molecule has 0 aliphatic rings. The maximum Gasteiger partial charge on any atom is 0.222 e. The van der Waals surface area contributed by atoms with Gasteiger partial charge in [0, 0.05) is 5.69 Å². The first-order valence-electron chi connectivity index (χ1n) is 2.66. The minimum atomic E-state index is -2.54. The zero-order valence-corrected chi connectivity index (χ0v) is 5.97. The van der Waals surface area contributed by atoms with Gasteiger partial charge >= 0.3 is 0 Å². The second kappa shape index (κ2) is 3.22. The van der Waals surface area contributed by atoms with Gasteiger partial charge in [0.15, 0.2) is 0 Å². The maximum absolute atomic E-state index is 10.1. The summed E-state index contributed by atoms with van der Waals surface area (Å²) in [4.78, 5) is 0. The van der Waals surface area contributed by atoms with Crippen molar-refractivity contribution in [1.82, 2.24) is 0 Å². The molecule has 0 aliphatic carbocycles. The summed E-state index contributed by atoms with van der Waals surface area (Å²) in [7, 11) is -2.54. The van der Waals surface area contributed by atoms with Crippen molar-refractivity contribution < 1.29 is 8.42 Å². The fraction of sp³-hybridized carbons (Fsp3) is 0. The van der Waals surface area contributed by atoms with E-state index in [4.69, 9.17) is 0 Å². The number of anilines is 1. The van der Waals surface area contributed by atoms with Gasteiger partial charge in [0.25, 0.3) is 0 Å². The highest BCUT2D eigenvalue weighted by molar-refractivity contribution is 7.73. The Hall–Kier alpha value is -1.03. The molecule has 10 heavy (non-hydrogen) atoms. The molecule has 53 valence electrons. The largest absolute Gasteiger partial charge is 0.286 e. The lowest BCUT2D eigenvalue weighted by atomic mass is 10.3. The van der Waals surface area contributed by atoms with Crippen molar-refractivity contribution in [3.63, 3.8) is 0 Å². The van der Waals surface area contributed by atoms with E-state index in [1.54, 1.807) is 24.3 Å². The number of thiol groups is 1. The molecule has 0 bridgehead atoms. The number of nitrogens with one attached hydrogen (secondary N) is 1. The lowest BCUT2D eigenvalue weighted by Crippen LogP contribution is -1.93. The summed E-state index contributed by atoms with van der Waals surface area (Å²) < 4.78 is 22.4. The molecule has 0 fully saturated rings. The van der Waals surface area contributed by atoms with Gasteiger partial charge in [-0.25, -0.2) is 8.42 Å². The minimum Gasteiger partial charge on any atom is -0.286 e. The van der Waals surface area contributed by atoms with E-state index in [2.05, 4.69) is 10.8 Å². The topological polar surface area (TPSA) is 46.2 Å². The molecule has 1 aromatic rings. The Morgan fingerprint density at radius 3 is 2.40 bits per heavy atom. The molecule has 0 atom stereocenters. The third-order valence-electron chi connectivity index (χ3n) is 0.939. The first kappa shape index (κ1) is 7.08. The summed E-state index contributed by atoms with van der Waals surface area (Å²) in [6.07, 6.45) is 0. The van der Waals surface area contributed by atoms with E-state index in [9.17, 15) is 8.42 Å². The molecule has 1 N–H and O–H groups in total. The average Bonchev–Trinajstić information content (AvgIpc) is 1.88. The third-order valence-corrected chi connectivity index (χ3v) is 1.38. The molecular weight excluding hydrogens is 150 g/mol. The number of hydrogen-bond acceptors (Lipinski definition) is 2. The first-order chi connectivity index (χ1) is 4.79. The number of hydrogen-bond donors (Lipinski definition) is 2. The van der Waals surface area contributed by atoms with Crippen LogP contribution in [0.5, 0.6) is 0 Å². The summed E-state index contributed by atoms with van der Waals surface area (Å²) in [5, 5.41) is 0. The lowest BCUT2D eigenvalue weighted by Gasteiger charge is -1.93. The van der Waals surface area contributed by atoms with Crippen molar-refractivity contribution in [3.05, 3.63) is 30.3 Å². The number of rotatable bonds is 2. The van der Waals surface area contributed by atoms with E-state index in [0.717, 1.165) is 0 Å². The van der Waals surface area contributed by atoms with E-state index in [1.165, 1.54) is 0 Å². The van der Waals surface area contributed by atoms with E-state index >= 15 is 0 Å². The average molecular weight is 156 g/mol. The molecule has 0 saturated heterocycles. The first-order valence-corrected chi connectivity index (χ1v) is 3.84. The standard InChI is InChI=1S/C6H6NO2S/c8-10(9)7-6-4-2-1-3-5-6/h2-5,10H,(H,7,8,9). The molecule has 0 spiro atoms. The Kier molecular flexibility index (Phi) is 2.28. The Bertz CT molecular complexity index is 260. The summed E-state index contributed by atoms with van der Waals surface area (Å²) in [6, 6.07) is 9.31. The summed E-state index contributed by atoms with van der Waals surface area (Å²) in [5.41, 5.74) is 0.565. The highest BCUT2D eigenvalue weighted by atomic mass is 32.2. The predicted octanol–water partition coefficient (Wildman–Crippen LogP) is 0.425. The van der Waals surface area contributed by atoms with Gasteiger partial charge in [-0.05, 0) is 18.2 Å². The maximum atomic E-state index is 10.1. The molecule has 0 amide bonds. The van der Waals surface area contributed by atoms with Gasteiger partial charge in [0.1, 0.15) is 0 Å². The summed E-state index contributed by atoms with van der Waals surface area (Å²) in [5.74, 6) is 0. The van der Waals surface area contributed by atoms with Gasteiger partial charge in [0.2, 0.25) is 10.9 Å². The fourth-order valence-electron chi connectivity index (χ4n) is 0.567. The molecule has 3 nitrogen and oxygen atoms in total. The summed E-state index contributed by atoms with van der Waals surface area (Å²) >= 11 is 0. The zero-order valence-electron chi connectivity index (χ0n) is 5.07. The van der Waals surface area contributed by atoms with Crippen LogP contribution < -0.4 is 4.72 Å². The molecule has 0 aromatic heterocycles. The molecule has 0 saturated carbocycles. The van der Waals surface area contributed by atoms with Gasteiger partial charge < -0.3 is 0 Å². The Labute approximate surface area is 60.8 Å². The molecule has 1 aromatic carbocycles. The Morgan fingerprint density at radius 2 is 1.90 bits per heavy atom. The van der Waals surface area contributed by atoms with Crippen LogP contribution >= 0.6 is 0 Å². The number of benzene rings is 1. The van der Waals surface area contributed by atoms with Crippen LogP contribution in [0.2, 0.25) is 0 Å². The fourth-order valence-corrected chi connectivity index (χ4v) is 0.927. The van der Waals surface area contributed by atoms with Crippen LogP contribution in [0, 0.1) is 6.07 Å². The van der Waals surface area contributed by atoms with E-state index in [-0.39, 0.29) is 0 Å². The van der Waals surface area contributed by atoms with Crippen molar-refractivity contribution in [2.24, 2.45) is 0 Å². The van der Waals surface area contributed by atoms with Crippen molar-refractivity contribution >= 4 is 16.6 Å². The van der Waals surface area contributed by atoms with Crippen LogP contribution in [-0.4, -0.2) is 8.42 Å². The van der Waals surface area contributed by atoms with Crippen LogP contribution in [0.4, 0.5) is 5.69 Å². The molecular formula is C6H6NO2S. The van der Waals surface area contributed by atoms with Crippen LogP contribution in [0.3, 0.4) is 0 Å². The predicted molar refractivity (Wildman–Crippen MR) is 39.2 cm³/mol. The van der Waals surface area contributed by atoms with Gasteiger partial charge in [-0.15, -0.1) is 0 Å². The smallest absolute Gasteiger partial charge is 0.222 e. The van der Waals surface area contributed by atoms with E-state index < -0.39 is 10.9 Å². The third kappa shape index (κ3) is 2.06. The highest BCUT2D eigenvalue weighted by Crippen LogP contribution is 2.02. The van der Waals surface area contributed by atoms with Gasteiger partial charge in [-0.2, -0.15) is 0 Å². The monoisotopic (exact) mass is 156 g/mol. The molecule has 1 rings (SSSR count). The van der Waals surface area contributed by atoms with Crippen LogP contribution in [-0.2, 0) is 10.9 Å². The molecule has 4 heteroatoms. The lowest BCUT2D eigenvalue weighted by molar-refractivity contribution is 0.619. The quantitative estimate of drug-likeness (QED) is 0.610. The zero-order chi connectivity index (χ0) is 7.40. The van der Waals surface area contributed by atoms with Crippen molar-refractivity contribution in [1.29, 1.82) is 0 Å². The molecule has 0 aliphatic heterocycles. The Morgan fingerprint density at radius 1 is 1.30 bits per heavy atom. The van der Waals surface area contributed by atoms with E-state index in [0.29, 0.717) is 5.69 Å². The minimum absolute atomic E-state index is 0.565. The summed E-state index contributed by atoms with van der Waals surface area (Å²) in [6.45, 7) is 0. The van der Waals surface area contributed by atoms with Crippen LogP contribution in [0.25, 0.3) is 0 Å². The van der Waals surface area contributed by atoms with Gasteiger partial charge in [0.05, 0.1) is 0 Å². The van der Waals surface area contributed by atoms with Gasteiger partial charge in [-0.1, -0.05) is 12.1 Å². The normalized spacial score (nSPS) is 9.70. The molecule has 0 heterocycles. The second-order valence-electron chi connectivity index (χ2n) is 1.66. The Balaban J connectivity index is 2.77. The van der Waals surface area contributed by atoms with Crippen molar-refractivity contribution in [2.75, 3.05) is 4.72 Å².